The summed E-state index contributed by atoms with van der Waals surface area (Å²) in [5.41, 5.74) is 0.445. The number of benzene rings is 1. The lowest BCUT2D eigenvalue weighted by Crippen LogP contribution is -2.37. The van der Waals surface area contributed by atoms with Crippen molar-refractivity contribution in [2.75, 3.05) is 18.8 Å². The monoisotopic (exact) mass is 298 g/mol. The Labute approximate surface area is 119 Å². The van der Waals surface area contributed by atoms with Crippen molar-refractivity contribution in [1.82, 2.24) is 10.2 Å². The van der Waals surface area contributed by atoms with Crippen LogP contribution in [0.5, 0.6) is 0 Å². The lowest BCUT2D eigenvalue weighted by molar-refractivity contribution is -0.124. The minimum Gasteiger partial charge on any atom is -0.350 e. The second kappa shape index (κ2) is 6.08. The van der Waals surface area contributed by atoms with Crippen molar-refractivity contribution in [3.05, 3.63) is 34.9 Å². The fraction of sp³-hybridized carbons (Fsp3) is 0.250. The van der Waals surface area contributed by atoms with Crippen LogP contribution in [-0.2, 0) is 4.79 Å². The van der Waals surface area contributed by atoms with Gasteiger partial charge < -0.3 is 5.32 Å². The molecule has 0 bridgehead atoms. The van der Waals surface area contributed by atoms with Crippen LogP contribution in [0.15, 0.2) is 24.3 Å². The summed E-state index contributed by atoms with van der Waals surface area (Å²) in [6.07, 6.45) is 0. The average Bonchev–Trinajstić information content (AvgIpc) is 2.70. The van der Waals surface area contributed by atoms with E-state index in [4.69, 9.17) is 11.6 Å². The summed E-state index contributed by atoms with van der Waals surface area (Å²) in [5.74, 6) is -0.317. The zero-order valence-corrected chi connectivity index (χ0v) is 11.5. The summed E-state index contributed by atoms with van der Waals surface area (Å²) >= 11 is 6.76. The second-order valence-corrected chi connectivity index (χ2v) is 5.23. The van der Waals surface area contributed by atoms with E-state index in [2.05, 4.69) is 5.32 Å². The third kappa shape index (κ3) is 3.48. The molecule has 100 valence electrons. The second-order valence-electron chi connectivity index (χ2n) is 3.87. The van der Waals surface area contributed by atoms with Gasteiger partial charge in [0, 0.05) is 23.7 Å². The molecule has 0 radical (unpaired) electrons. The van der Waals surface area contributed by atoms with Gasteiger partial charge in [-0.05, 0) is 18.2 Å². The van der Waals surface area contributed by atoms with Gasteiger partial charge in [0.05, 0.1) is 5.75 Å². The van der Waals surface area contributed by atoms with Crippen LogP contribution >= 0.6 is 23.4 Å². The van der Waals surface area contributed by atoms with Crippen molar-refractivity contribution in [3.63, 3.8) is 0 Å². The van der Waals surface area contributed by atoms with Crippen LogP contribution in [0.3, 0.4) is 0 Å². The Hall–Kier alpha value is -1.53. The molecule has 3 amide bonds. The third-order valence-corrected chi connectivity index (χ3v) is 3.64. The molecule has 7 heteroatoms. The molecule has 1 aromatic rings. The fourth-order valence-corrected chi connectivity index (χ4v) is 2.55. The topological polar surface area (TPSA) is 66.5 Å². The maximum absolute atomic E-state index is 11.8. The van der Waals surface area contributed by atoms with E-state index in [1.807, 2.05) is 0 Å². The van der Waals surface area contributed by atoms with Crippen LogP contribution in [0, 0.1) is 0 Å². The number of halogens is 1. The molecule has 1 heterocycles. The smallest absolute Gasteiger partial charge is 0.288 e. The molecule has 1 fully saturated rings. The van der Waals surface area contributed by atoms with Gasteiger partial charge in [0.15, 0.2) is 0 Å². The highest BCUT2D eigenvalue weighted by atomic mass is 35.5. The molecule has 19 heavy (non-hydrogen) atoms. The van der Waals surface area contributed by atoms with Gasteiger partial charge in [-0.3, -0.25) is 19.3 Å². The molecule has 1 aliphatic heterocycles. The summed E-state index contributed by atoms with van der Waals surface area (Å²) < 4.78 is 0. The predicted molar refractivity (Wildman–Crippen MR) is 73.4 cm³/mol. The van der Waals surface area contributed by atoms with E-state index >= 15 is 0 Å². The van der Waals surface area contributed by atoms with E-state index in [1.165, 1.54) is 0 Å². The normalized spacial score (nSPS) is 14.9. The molecular formula is C12H11ClN2O3S. The molecule has 2 rings (SSSR count). The molecule has 1 N–H and O–H groups in total. The number of amides is 3. The zero-order chi connectivity index (χ0) is 13.8. The Kier molecular flexibility index (Phi) is 4.44. The maximum atomic E-state index is 11.8. The summed E-state index contributed by atoms with van der Waals surface area (Å²) in [6.45, 7) is 0.417. The van der Waals surface area contributed by atoms with Gasteiger partial charge >= 0.3 is 0 Å². The Morgan fingerprint density at radius 2 is 2.21 bits per heavy atom. The molecule has 0 saturated carbocycles. The highest BCUT2D eigenvalue weighted by Gasteiger charge is 2.29. The first-order chi connectivity index (χ1) is 9.08. The largest absolute Gasteiger partial charge is 0.350 e. The van der Waals surface area contributed by atoms with Crippen LogP contribution in [0.4, 0.5) is 4.79 Å². The summed E-state index contributed by atoms with van der Waals surface area (Å²) in [5, 5.41) is 2.86. The maximum Gasteiger partial charge on any atom is 0.288 e. The lowest BCUT2D eigenvalue weighted by atomic mass is 10.2. The minimum atomic E-state index is -0.283. The van der Waals surface area contributed by atoms with Gasteiger partial charge in [-0.2, -0.15) is 0 Å². The Morgan fingerprint density at radius 3 is 2.84 bits per heavy atom. The Morgan fingerprint density at radius 1 is 1.42 bits per heavy atom. The van der Waals surface area contributed by atoms with E-state index in [9.17, 15) is 14.4 Å². The van der Waals surface area contributed by atoms with Crippen molar-refractivity contribution in [3.8, 4) is 0 Å². The molecule has 0 unspecified atom stereocenters. The van der Waals surface area contributed by atoms with Crippen LogP contribution < -0.4 is 5.32 Å². The first kappa shape index (κ1) is 13.9. The fourth-order valence-electron chi connectivity index (χ4n) is 1.61. The minimum absolute atomic E-state index is 0.182. The first-order valence-electron chi connectivity index (χ1n) is 5.59. The number of carbonyl (C=O) groups excluding carboxylic acids is 3. The quantitative estimate of drug-likeness (QED) is 0.920. The lowest BCUT2D eigenvalue weighted by Gasteiger charge is -2.13. The van der Waals surface area contributed by atoms with Gasteiger partial charge in [-0.15, -0.1) is 0 Å². The highest BCUT2D eigenvalue weighted by molar-refractivity contribution is 8.14. The van der Waals surface area contributed by atoms with Gasteiger partial charge in [0.2, 0.25) is 5.91 Å². The number of nitrogens with zero attached hydrogens (tertiary/aromatic N) is 1. The van der Waals surface area contributed by atoms with Crippen molar-refractivity contribution in [1.29, 1.82) is 0 Å². The predicted octanol–water partition coefficient (Wildman–Crippen LogP) is 1.77. The summed E-state index contributed by atoms with van der Waals surface area (Å²) in [4.78, 5) is 35.6. The molecule has 0 spiro atoms. The molecule has 1 saturated heterocycles. The van der Waals surface area contributed by atoms with E-state index < -0.39 is 0 Å². The van der Waals surface area contributed by atoms with Crippen molar-refractivity contribution in [2.24, 2.45) is 0 Å². The average molecular weight is 299 g/mol. The summed E-state index contributed by atoms with van der Waals surface area (Å²) in [6, 6.07) is 6.56. The molecule has 0 aromatic heterocycles. The Bertz CT molecular complexity index is 519. The van der Waals surface area contributed by atoms with E-state index in [-0.39, 0.29) is 35.9 Å². The van der Waals surface area contributed by atoms with E-state index in [0.717, 1.165) is 16.7 Å². The van der Waals surface area contributed by atoms with Crippen molar-refractivity contribution in [2.45, 2.75) is 0 Å². The van der Waals surface area contributed by atoms with Crippen LogP contribution in [0.1, 0.15) is 10.4 Å². The highest BCUT2D eigenvalue weighted by Crippen LogP contribution is 2.17. The molecular weight excluding hydrogens is 288 g/mol. The Balaban J connectivity index is 1.84. The number of carbonyl (C=O) groups is 3. The SMILES string of the molecule is O=C(NCCN1C(=O)CSC1=O)c1cccc(Cl)c1. The number of hydrogen-bond donors (Lipinski definition) is 1. The van der Waals surface area contributed by atoms with Gasteiger partial charge in [0.25, 0.3) is 11.1 Å². The van der Waals surface area contributed by atoms with Crippen molar-refractivity contribution >= 4 is 40.4 Å². The standard InChI is InChI=1S/C12H11ClN2O3S/c13-9-3-1-2-8(6-9)11(17)14-4-5-15-10(16)7-19-12(15)18/h1-3,6H,4-5,7H2,(H,14,17). The molecule has 0 aliphatic carbocycles. The molecule has 1 aliphatic rings. The summed E-state index contributed by atoms with van der Waals surface area (Å²) in [7, 11) is 0. The van der Waals surface area contributed by atoms with Gasteiger partial charge in [-0.1, -0.05) is 29.4 Å². The van der Waals surface area contributed by atoms with E-state index in [0.29, 0.717) is 10.6 Å². The number of thioether (sulfide) groups is 1. The number of imide groups is 1. The third-order valence-electron chi connectivity index (χ3n) is 2.55. The van der Waals surface area contributed by atoms with Gasteiger partial charge in [-0.25, -0.2) is 0 Å². The van der Waals surface area contributed by atoms with Gasteiger partial charge in [0.1, 0.15) is 0 Å². The number of nitrogens with one attached hydrogen (secondary N) is 1. The number of rotatable bonds is 4. The molecule has 0 atom stereocenters. The molecule has 1 aromatic carbocycles. The first-order valence-corrected chi connectivity index (χ1v) is 6.95. The number of hydrogen-bond acceptors (Lipinski definition) is 4. The van der Waals surface area contributed by atoms with E-state index in [1.54, 1.807) is 24.3 Å². The van der Waals surface area contributed by atoms with Crippen LogP contribution in [-0.4, -0.2) is 40.8 Å². The van der Waals surface area contributed by atoms with Crippen LogP contribution in [0.25, 0.3) is 0 Å². The zero-order valence-electron chi connectivity index (χ0n) is 9.89. The van der Waals surface area contributed by atoms with Crippen molar-refractivity contribution < 1.29 is 14.4 Å². The van der Waals surface area contributed by atoms with Crippen LogP contribution in [0.2, 0.25) is 5.02 Å². The molecule has 5 nitrogen and oxygen atoms in total.